The third-order valence-electron chi connectivity index (χ3n) is 1.88. The van der Waals surface area contributed by atoms with Gasteiger partial charge in [-0.2, -0.15) is 0 Å². The number of rotatable bonds is 2. The normalized spacial score (nSPS) is 8.15. The van der Waals surface area contributed by atoms with Crippen LogP contribution >= 0.6 is 0 Å². The summed E-state index contributed by atoms with van der Waals surface area (Å²) in [6.45, 7) is 4.41. The molecule has 0 atom stereocenters. The zero-order valence-electron chi connectivity index (χ0n) is 8.13. The van der Waals surface area contributed by atoms with E-state index in [0.29, 0.717) is 0 Å². The molecule has 0 spiro atoms. The molecule has 0 aliphatic carbocycles. The van der Waals surface area contributed by atoms with E-state index in [0.717, 1.165) is 18.9 Å². The molecule has 0 aliphatic rings. The highest BCUT2D eigenvalue weighted by Gasteiger charge is 1.93. The van der Waals surface area contributed by atoms with Crippen molar-refractivity contribution in [2.45, 2.75) is 26.7 Å². The minimum atomic E-state index is 0.750. The second-order valence-electron chi connectivity index (χ2n) is 2.58. The molecule has 13 heavy (non-hydrogen) atoms. The Bertz CT molecular complexity index is 252. The van der Waals surface area contributed by atoms with Gasteiger partial charge in [-0.05, 0) is 24.0 Å². The standard InChI is InChI=1S/C10H14.CHNO/c1-3-9-7-5-6-8-10(9)4-2;2-1-3/h5-8H,3-4H2,1-2H3;2H. The molecule has 0 heterocycles. The Morgan fingerprint density at radius 1 is 1.15 bits per heavy atom. The van der Waals surface area contributed by atoms with Gasteiger partial charge in [0, 0.05) is 0 Å². The number of aryl methyl sites for hydroxylation is 2. The average molecular weight is 177 g/mol. The molecule has 70 valence electrons. The van der Waals surface area contributed by atoms with E-state index < -0.39 is 0 Å². The Morgan fingerprint density at radius 3 is 1.69 bits per heavy atom. The number of carbonyl (C=O) groups excluding carboxylic acids is 1. The first-order valence-corrected chi connectivity index (χ1v) is 4.40. The van der Waals surface area contributed by atoms with Crippen LogP contribution in [0, 0.1) is 5.41 Å². The zero-order valence-corrected chi connectivity index (χ0v) is 8.13. The highest BCUT2D eigenvalue weighted by Crippen LogP contribution is 2.08. The second-order valence-corrected chi connectivity index (χ2v) is 2.58. The number of nitrogens with one attached hydrogen (secondary N) is 1. The van der Waals surface area contributed by atoms with Crippen LogP contribution < -0.4 is 0 Å². The first-order chi connectivity index (χ1) is 6.29. The van der Waals surface area contributed by atoms with Crippen LogP contribution in [0.25, 0.3) is 0 Å². The molecule has 0 unspecified atom stereocenters. The maximum absolute atomic E-state index is 8.35. The van der Waals surface area contributed by atoms with Crippen LogP contribution in [0.4, 0.5) is 0 Å². The Kier molecular flexibility index (Phi) is 6.48. The van der Waals surface area contributed by atoms with Gasteiger partial charge in [0.25, 0.3) is 0 Å². The fourth-order valence-electron chi connectivity index (χ4n) is 1.25. The summed E-state index contributed by atoms with van der Waals surface area (Å²) in [7, 11) is 0. The van der Waals surface area contributed by atoms with Gasteiger partial charge in [0.15, 0.2) is 0 Å². The summed E-state index contributed by atoms with van der Waals surface area (Å²) in [5.41, 5.74) is 2.98. The van der Waals surface area contributed by atoms with E-state index in [-0.39, 0.29) is 0 Å². The van der Waals surface area contributed by atoms with Crippen LogP contribution in [0.3, 0.4) is 0 Å². The molecule has 0 saturated heterocycles. The Hall–Kier alpha value is -1.40. The predicted octanol–water partition coefficient (Wildman–Crippen LogP) is 2.71. The van der Waals surface area contributed by atoms with Crippen molar-refractivity contribution >= 4 is 6.08 Å². The van der Waals surface area contributed by atoms with Crippen LogP contribution in [-0.4, -0.2) is 6.08 Å². The maximum atomic E-state index is 8.35. The molecule has 0 aliphatic heterocycles. The number of benzene rings is 1. The van der Waals surface area contributed by atoms with E-state index in [1.54, 1.807) is 0 Å². The van der Waals surface area contributed by atoms with Crippen molar-refractivity contribution < 1.29 is 4.79 Å². The highest BCUT2D eigenvalue weighted by molar-refractivity contribution is 5.26. The number of hydrogen-bond acceptors (Lipinski definition) is 2. The zero-order chi connectivity index (χ0) is 10.1. The molecule has 1 aromatic rings. The lowest BCUT2D eigenvalue weighted by molar-refractivity contribution is 0.563. The van der Waals surface area contributed by atoms with Gasteiger partial charge < -0.3 is 0 Å². The molecule has 2 heteroatoms. The summed E-state index contributed by atoms with van der Waals surface area (Å²) in [5.74, 6) is 0. The summed E-state index contributed by atoms with van der Waals surface area (Å²) < 4.78 is 0. The van der Waals surface area contributed by atoms with Gasteiger partial charge in [-0.1, -0.05) is 38.1 Å². The van der Waals surface area contributed by atoms with Gasteiger partial charge in [-0.3, -0.25) is 0 Å². The van der Waals surface area contributed by atoms with Crippen LogP contribution in [0.5, 0.6) is 0 Å². The summed E-state index contributed by atoms with van der Waals surface area (Å²) in [6, 6.07) is 8.63. The fraction of sp³-hybridized carbons (Fsp3) is 0.364. The fourth-order valence-corrected chi connectivity index (χ4v) is 1.25. The van der Waals surface area contributed by atoms with Crippen molar-refractivity contribution in [1.29, 1.82) is 5.41 Å². The third-order valence-corrected chi connectivity index (χ3v) is 1.88. The highest BCUT2D eigenvalue weighted by atomic mass is 16.1. The van der Waals surface area contributed by atoms with E-state index in [4.69, 9.17) is 10.2 Å². The summed E-state index contributed by atoms with van der Waals surface area (Å²) in [6.07, 6.45) is 3.06. The van der Waals surface area contributed by atoms with Crippen LogP contribution in [-0.2, 0) is 17.6 Å². The van der Waals surface area contributed by atoms with Crippen LogP contribution in [0.1, 0.15) is 25.0 Å². The van der Waals surface area contributed by atoms with E-state index >= 15 is 0 Å². The molecule has 0 radical (unpaired) electrons. The third kappa shape index (κ3) is 4.24. The largest absolute Gasteiger partial charge is 0.231 e. The van der Waals surface area contributed by atoms with Gasteiger partial charge >= 0.3 is 0 Å². The van der Waals surface area contributed by atoms with Gasteiger partial charge in [0.1, 0.15) is 0 Å². The van der Waals surface area contributed by atoms with Crippen LogP contribution in [0.2, 0.25) is 0 Å². The molecule has 0 saturated carbocycles. The lowest BCUT2D eigenvalue weighted by Crippen LogP contribution is -1.88. The van der Waals surface area contributed by atoms with Gasteiger partial charge in [0.05, 0.1) is 0 Å². The first kappa shape index (κ1) is 11.6. The van der Waals surface area contributed by atoms with Crippen molar-refractivity contribution in [1.82, 2.24) is 0 Å². The molecule has 0 amide bonds. The lowest BCUT2D eigenvalue weighted by Gasteiger charge is -2.02. The maximum Gasteiger partial charge on any atom is 0.231 e. The van der Waals surface area contributed by atoms with Gasteiger partial charge in [-0.25, -0.2) is 10.2 Å². The van der Waals surface area contributed by atoms with E-state index in [9.17, 15) is 0 Å². The van der Waals surface area contributed by atoms with Crippen molar-refractivity contribution in [3.8, 4) is 0 Å². The van der Waals surface area contributed by atoms with E-state index in [2.05, 4.69) is 38.1 Å². The van der Waals surface area contributed by atoms with E-state index in [1.165, 1.54) is 11.1 Å². The second kappa shape index (κ2) is 7.26. The monoisotopic (exact) mass is 177 g/mol. The summed E-state index contributed by atoms with van der Waals surface area (Å²) in [4.78, 5) is 8.35. The topological polar surface area (TPSA) is 40.9 Å². The first-order valence-electron chi connectivity index (χ1n) is 4.40. The molecular formula is C11H15NO. The smallest absolute Gasteiger partial charge is 0.222 e. The van der Waals surface area contributed by atoms with Crippen molar-refractivity contribution in [3.05, 3.63) is 35.4 Å². The van der Waals surface area contributed by atoms with Crippen LogP contribution in [0.15, 0.2) is 24.3 Å². The average Bonchev–Trinajstić information content (AvgIpc) is 2.19. The Morgan fingerprint density at radius 2 is 1.46 bits per heavy atom. The van der Waals surface area contributed by atoms with Gasteiger partial charge in [-0.15, -0.1) is 0 Å². The Balaban J connectivity index is 0.000000424. The molecule has 1 N–H and O–H groups in total. The van der Waals surface area contributed by atoms with Crippen molar-refractivity contribution in [3.63, 3.8) is 0 Å². The van der Waals surface area contributed by atoms with Crippen molar-refractivity contribution in [2.24, 2.45) is 0 Å². The quantitative estimate of drug-likeness (QED) is 0.547. The molecule has 1 aromatic carbocycles. The minimum absolute atomic E-state index is 0.750. The summed E-state index contributed by atoms with van der Waals surface area (Å²) in [5, 5.41) is 5.40. The molecule has 2 nitrogen and oxygen atoms in total. The van der Waals surface area contributed by atoms with E-state index in [1.807, 2.05) is 0 Å². The SMILES string of the molecule is CCc1ccccc1CC.N=C=O. The number of isocyanates is 1. The molecule has 0 aromatic heterocycles. The van der Waals surface area contributed by atoms with Gasteiger partial charge in [0.2, 0.25) is 6.08 Å². The molecule has 0 fully saturated rings. The lowest BCUT2D eigenvalue weighted by atomic mass is 10.0. The molecule has 1 rings (SSSR count). The van der Waals surface area contributed by atoms with Crippen molar-refractivity contribution in [2.75, 3.05) is 0 Å². The molecular weight excluding hydrogens is 162 g/mol. The number of hydrogen-bond donors (Lipinski definition) is 1. The minimum Gasteiger partial charge on any atom is -0.222 e. The summed E-state index contributed by atoms with van der Waals surface area (Å²) >= 11 is 0. The predicted molar refractivity (Wildman–Crippen MR) is 53.6 cm³/mol. The molecule has 0 bridgehead atoms. The Labute approximate surface area is 79.1 Å².